The molecular formula is C12H24ClN. The first-order valence-electron chi connectivity index (χ1n) is 5.73. The lowest BCUT2D eigenvalue weighted by Gasteiger charge is -2.12. The number of halogens is 1. The fourth-order valence-electron chi connectivity index (χ4n) is 1.44. The van der Waals surface area contributed by atoms with Gasteiger partial charge in [0.1, 0.15) is 0 Å². The molecule has 0 fully saturated rings. The molecule has 0 aliphatic rings. The van der Waals surface area contributed by atoms with Crippen LogP contribution in [0, 0.1) is 0 Å². The summed E-state index contributed by atoms with van der Waals surface area (Å²) in [6, 6.07) is 0.562. The minimum atomic E-state index is 0.562. The van der Waals surface area contributed by atoms with Gasteiger partial charge in [0.05, 0.1) is 0 Å². The minimum Gasteiger partial charge on any atom is -0.309 e. The molecule has 0 aliphatic heterocycles. The van der Waals surface area contributed by atoms with Gasteiger partial charge in [0.15, 0.2) is 0 Å². The molecule has 0 aliphatic carbocycles. The molecule has 2 heteroatoms. The molecule has 0 heterocycles. The van der Waals surface area contributed by atoms with Gasteiger partial charge in [-0.05, 0) is 13.3 Å². The van der Waals surface area contributed by atoms with Gasteiger partial charge in [-0.25, -0.2) is 0 Å². The third kappa shape index (κ3) is 10.1. The van der Waals surface area contributed by atoms with Gasteiger partial charge in [-0.15, -0.1) is 0 Å². The van der Waals surface area contributed by atoms with Crippen LogP contribution in [0.5, 0.6) is 0 Å². The normalized spacial score (nSPS) is 12.8. The maximum atomic E-state index is 5.67. The van der Waals surface area contributed by atoms with Crippen LogP contribution in [0.4, 0.5) is 0 Å². The summed E-state index contributed by atoms with van der Waals surface area (Å²) < 4.78 is 0. The molecule has 0 aromatic rings. The van der Waals surface area contributed by atoms with E-state index in [1.54, 1.807) is 0 Å². The highest BCUT2D eigenvalue weighted by atomic mass is 35.5. The molecule has 1 unspecified atom stereocenters. The largest absolute Gasteiger partial charge is 0.309 e. The summed E-state index contributed by atoms with van der Waals surface area (Å²) in [5, 5.41) is 4.04. The smallest absolute Gasteiger partial charge is 0.0309 e. The Hall–Kier alpha value is -0.0100. The van der Waals surface area contributed by atoms with Gasteiger partial charge in [-0.1, -0.05) is 57.2 Å². The lowest BCUT2D eigenvalue weighted by molar-refractivity contribution is 0.498. The van der Waals surface area contributed by atoms with E-state index in [1.165, 1.54) is 38.5 Å². The van der Waals surface area contributed by atoms with Crippen molar-refractivity contribution in [2.75, 3.05) is 6.54 Å². The van der Waals surface area contributed by atoms with E-state index in [0.717, 1.165) is 6.54 Å². The third-order valence-corrected chi connectivity index (χ3v) is 2.52. The van der Waals surface area contributed by atoms with Gasteiger partial charge in [0, 0.05) is 17.6 Å². The van der Waals surface area contributed by atoms with Crippen LogP contribution in [0.3, 0.4) is 0 Å². The van der Waals surface area contributed by atoms with E-state index >= 15 is 0 Å². The van der Waals surface area contributed by atoms with Crippen molar-refractivity contribution >= 4 is 11.6 Å². The molecule has 0 rings (SSSR count). The second-order valence-corrected chi connectivity index (χ2v) is 4.54. The van der Waals surface area contributed by atoms with Crippen LogP contribution in [0.25, 0.3) is 0 Å². The van der Waals surface area contributed by atoms with Crippen molar-refractivity contribution in [3.8, 4) is 0 Å². The molecule has 0 aromatic carbocycles. The highest BCUT2D eigenvalue weighted by Crippen LogP contribution is 2.07. The first-order valence-corrected chi connectivity index (χ1v) is 6.11. The average Bonchev–Trinajstić information content (AvgIpc) is 2.14. The molecule has 1 N–H and O–H groups in total. The van der Waals surface area contributed by atoms with Gasteiger partial charge in [0.25, 0.3) is 0 Å². The van der Waals surface area contributed by atoms with E-state index < -0.39 is 0 Å². The fourth-order valence-corrected chi connectivity index (χ4v) is 1.52. The molecule has 0 amide bonds. The zero-order valence-electron chi connectivity index (χ0n) is 9.61. The van der Waals surface area contributed by atoms with E-state index in [0.29, 0.717) is 11.1 Å². The molecule has 0 aromatic heterocycles. The van der Waals surface area contributed by atoms with E-state index in [9.17, 15) is 0 Å². The monoisotopic (exact) mass is 217 g/mol. The van der Waals surface area contributed by atoms with Crippen molar-refractivity contribution in [2.24, 2.45) is 0 Å². The number of hydrogen-bond acceptors (Lipinski definition) is 1. The van der Waals surface area contributed by atoms with Crippen LogP contribution in [-0.2, 0) is 0 Å². The van der Waals surface area contributed by atoms with Gasteiger partial charge >= 0.3 is 0 Å². The maximum absolute atomic E-state index is 5.67. The van der Waals surface area contributed by atoms with Crippen molar-refractivity contribution in [1.82, 2.24) is 5.32 Å². The Balaban J connectivity index is 3.18. The van der Waals surface area contributed by atoms with E-state index in [1.807, 2.05) is 0 Å². The summed E-state index contributed by atoms with van der Waals surface area (Å²) in [7, 11) is 0. The van der Waals surface area contributed by atoms with Gasteiger partial charge in [0.2, 0.25) is 0 Å². The fraction of sp³-hybridized carbons (Fsp3) is 0.833. The summed E-state index contributed by atoms with van der Waals surface area (Å²) in [4.78, 5) is 0. The lowest BCUT2D eigenvalue weighted by Crippen LogP contribution is -2.26. The second kappa shape index (κ2) is 9.54. The van der Waals surface area contributed by atoms with Crippen molar-refractivity contribution in [3.63, 3.8) is 0 Å². The van der Waals surface area contributed by atoms with Crippen molar-refractivity contribution in [1.29, 1.82) is 0 Å². The van der Waals surface area contributed by atoms with Crippen molar-refractivity contribution in [2.45, 2.75) is 58.4 Å². The summed E-state index contributed by atoms with van der Waals surface area (Å²) in [5.41, 5.74) is 0. The number of unbranched alkanes of at least 4 members (excludes halogenated alkanes) is 4. The summed E-state index contributed by atoms with van der Waals surface area (Å²) in [6.45, 7) is 8.84. The van der Waals surface area contributed by atoms with Crippen LogP contribution >= 0.6 is 11.6 Å². The molecule has 0 saturated carbocycles. The number of rotatable bonds is 9. The van der Waals surface area contributed by atoms with Crippen molar-refractivity contribution < 1.29 is 0 Å². The average molecular weight is 218 g/mol. The quantitative estimate of drug-likeness (QED) is 0.574. The Labute approximate surface area is 93.9 Å². The van der Waals surface area contributed by atoms with Gasteiger partial charge < -0.3 is 5.32 Å². The zero-order chi connectivity index (χ0) is 10.8. The first kappa shape index (κ1) is 14.0. The molecule has 0 saturated heterocycles. The molecular weight excluding hydrogens is 194 g/mol. The third-order valence-electron chi connectivity index (χ3n) is 2.38. The second-order valence-electron chi connectivity index (χ2n) is 4.00. The van der Waals surface area contributed by atoms with Crippen LogP contribution in [-0.4, -0.2) is 12.6 Å². The van der Waals surface area contributed by atoms with Crippen LogP contribution in [0.2, 0.25) is 0 Å². The van der Waals surface area contributed by atoms with Crippen LogP contribution < -0.4 is 5.32 Å². The highest BCUT2D eigenvalue weighted by Gasteiger charge is 2.00. The van der Waals surface area contributed by atoms with E-state index in [-0.39, 0.29) is 0 Å². The summed E-state index contributed by atoms with van der Waals surface area (Å²) >= 11 is 5.67. The maximum Gasteiger partial charge on any atom is 0.0309 e. The predicted molar refractivity (Wildman–Crippen MR) is 65.8 cm³/mol. The topological polar surface area (TPSA) is 12.0 Å². The Kier molecular flexibility index (Phi) is 9.53. The molecule has 0 radical (unpaired) electrons. The Morgan fingerprint density at radius 1 is 1.29 bits per heavy atom. The highest BCUT2D eigenvalue weighted by molar-refractivity contribution is 6.29. The number of nitrogens with one attached hydrogen (secondary N) is 1. The Morgan fingerprint density at radius 2 is 1.93 bits per heavy atom. The van der Waals surface area contributed by atoms with Gasteiger partial charge in [-0.3, -0.25) is 0 Å². The molecule has 1 atom stereocenters. The van der Waals surface area contributed by atoms with Crippen molar-refractivity contribution in [3.05, 3.63) is 11.6 Å². The molecule has 1 nitrogen and oxygen atoms in total. The number of hydrogen-bond donors (Lipinski definition) is 1. The zero-order valence-corrected chi connectivity index (χ0v) is 10.4. The Morgan fingerprint density at radius 3 is 2.50 bits per heavy atom. The first-order chi connectivity index (χ1) is 6.66. The molecule has 14 heavy (non-hydrogen) atoms. The summed E-state index contributed by atoms with van der Waals surface area (Å²) in [6.07, 6.45) is 8.00. The van der Waals surface area contributed by atoms with E-state index in [2.05, 4.69) is 25.7 Å². The van der Waals surface area contributed by atoms with E-state index in [4.69, 9.17) is 11.6 Å². The molecule has 0 bridgehead atoms. The molecule has 84 valence electrons. The lowest BCUT2D eigenvalue weighted by atomic mass is 10.1. The predicted octanol–water partition coefficient (Wildman–Crippen LogP) is 4.08. The molecule has 0 spiro atoms. The minimum absolute atomic E-state index is 0.562. The summed E-state index contributed by atoms with van der Waals surface area (Å²) in [5.74, 6) is 0. The van der Waals surface area contributed by atoms with Gasteiger partial charge in [-0.2, -0.15) is 0 Å². The SMILES string of the molecule is C=C(Cl)CNC(C)CCCCCCC. The van der Waals surface area contributed by atoms with Crippen LogP contribution in [0.1, 0.15) is 52.4 Å². The standard InChI is InChI=1S/C12H24ClN/c1-4-5-6-7-8-9-12(3)14-10-11(2)13/h12,14H,2,4-10H2,1,3H3. The Bertz CT molecular complexity index is 145. The van der Waals surface area contributed by atoms with Crippen LogP contribution in [0.15, 0.2) is 11.6 Å².